The molecule has 1 unspecified atom stereocenters. The molecule has 1 saturated heterocycles. The first kappa shape index (κ1) is 16.6. The lowest BCUT2D eigenvalue weighted by atomic mass is 9.94. The Balaban J connectivity index is 1.52. The van der Waals surface area contributed by atoms with E-state index < -0.39 is 0 Å². The van der Waals surface area contributed by atoms with Gasteiger partial charge in [-0.3, -0.25) is 9.97 Å². The smallest absolute Gasteiger partial charge is 0.0984 e. The van der Waals surface area contributed by atoms with Gasteiger partial charge < -0.3 is 5.32 Å². The molecular weight excluding hydrogens is 352 g/mol. The third-order valence-corrected chi connectivity index (χ3v) is 5.61. The van der Waals surface area contributed by atoms with Crippen LogP contribution in [0.15, 0.2) is 48.1 Å². The number of nitrogens with one attached hydrogen (secondary N) is 1. The second-order valence-corrected chi connectivity index (χ2v) is 7.62. The minimum Gasteiger partial charge on any atom is -0.300 e. The van der Waals surface area contributed by atoms with Crippen molar-refractivity contribution in [1.29, 1.82) is 0 Å². The maximum Gasteiger partial charge on any atom is 0.0984 e. The van der Waals surface area contributed by atoms with E-state index in [1.165, 1.54) is 0 Å². The number of hydrogen-bond acceptors (Lipinski definition) is 5. The van der Waals surface area contributed by atoms with Gasteiger partial charge in [0.25, 0.3) is 0 Å². The van der Waals surface area contributed by atoms with Gasteiger partial charge in [0.15, 0.2) is 0 Å². The van der Waals surface area contributed by atoms with E-state index in [1.807, 2.05) is 23.7 Å². The van der Waals surface area contributed by atoms with Crippen LogP contribution in [0.5, 0.6) is 0 Å². The molecular formula is C19H19ClN4S. The zero-order chi connectivity index (χ0) is 17.1. The van der Waals surface area contributed by atoms with Gasteiger partial charge in [0.05, 0.1) is 27.5 Å². The largest absolute Gasteiger partial charge is 0.300 e. The fourth-order valence-corrected chi connectivity index (χ4v) is 4.21. The summed E-state index contributed by atoms with van der Waals surface area (Å²) in [6.45, 7) is 0. The summed E-state index contributed by atoms with van der Waals surface area (Å²) in [7, 11) is 0. The maximum absolute atomic E-state index is 6.33. The molecule has 1 N–H and O–H groups in total. The Bertz CT molecular complexity index is 837. The van der Waals surface area contributed by atoms with Crippen molar-refractivity contribution in [1.82, 2.24) is 20.3 Å². The molecule has 1 aliphatic heterocycles. The fraction of sp³-hybridized carbons (Fsp3) is 0.316. The summed E-state index contributed by atoms with van der Waals surface area (Å²) in [5.41, 5.74) is 3.09. The molecule has 1 aliphatic rings. The van der Waals surface area contributed by atoms with Crippen LogP contribution in [0, 0.1) is 0 Å². The molecule has 0 saturated carbocycles. The molecule has 0 radical (unpaired) electrons. The van der Waals surface area contributed by atoms with E-state index in [-0.39, 0.29) is 12.1 Å². The highest BCUT2D eigenvalue weighted by Gasteiger charge is 2.26. The first-order valence-corrected chi connectivity index (χ1v) is 9.76. The lowest BCUT2D eigenvalue weighted by Crippen LogP contribution is -2.32. The average Bonchev–Trinajstić information content (AvgIpc) is 3.15. The van der Waals surface area contributed by atoms with E-state index >= 15 is 0 Å². The summed E-state index contributed by atoms with van der Waals surface area (Å²) in [4.78, 5) is 13.7. The monoisotopic (exact) mass is 370 g/mol. The van der Waals surface area contributed by atoms with Crippen LogP contribution in [0.25, 0.3) is 0 Å². The molecule has 0 aromatic carbocycles. The molecule has 4 nitrogen and oxygen atoms in total. The standard InChI is InChI=1S/C19H19ClN4S/c20-14-5-3-9-22-19(14)17-8-2-7-16(24-17)15-6-1-4-13(23-15)12-18-21-10-11-25-18/h1,3-6,9-11,16-17,24H,2,7-8,12H2/t16?,17-/m0/s1. The fourth-order valence-electron chi connectivity index (χ4n) is 3.32. The number of thiazole rings is 1. The average molecular weight is 371 g/mol. The van der Waals surface area contributed by atoms with Gasteiger partial charge in [-0.2, -0.15) is 0 Å². The summed E-state index contributed by atoms with van der Waals surface area (Å²) in [5.74, 6) is 0. The van der Waals surface area contributed by atoms with Crippen LogP contribution in [-0.4, -0.2) is 15.0 Å². The van der Waals surface area contributed by atoms with E-state index in [0.717, 1.165) is 52.8 Å². The van der Waals surface area contributed by atoms with Crippen molar-refractivity contribution >= 4 is 22.9 Å². The maximum atomic E-state index is 6.33. The van der Waals surface area contributed by atoms with Gasteiger partial charge in [0.2, 0.25) is 0 Å². The third kappa shape index (κ3) is 3.89. The van der Waals surface area contributed by atoms with Crippen LogP contribution >= 0.6 is 22.9 Å². The lowest BCUT2D eigenvalue weighted by molar-refractivity contribution is 0.321. The van der Waals surface area contributed by atoms with E-state index in [1.54, 1.807) is 17.5 Å². The summed E-state index contributed by atoms with van der Waals surface area (Å²) in [6, 6.07) is 10.4. The summed E-state index contributed by atoms with van der Waals surface area (Å²) in [5, 5.41) is 7.52. The van der Waals surface area contributed by atoms with Crippen molar-refractivity contribution in [2.75, 3.05) is 0 Å². The van der Waals surface area contributed by atoms with E-state index in [2.05, 4.69) is 33.5 Å². The predicted molar refractivity (Wildman–Crippen MR) is 101 cm³/mol. The topological polar surface area (TPSA) is 50.7 Å². The second-order valence-electron chi connectivity index (χ2n) is 6.23. The van der Waals surface area contributed by atoms with Crippen LogP contribution < -0.4 is 5.32 Å². The molecule has 3 aromatic heterocycles. The van der Waals surface area contributed by atoms with Gasteiger partial charge >= 0.3 is 0 Å². The number of piperidine rings is 1. The zero-order valence-electron chi connectivity index (χ0n) is 13.7. The predicted octanol–water partition coefficient (Wildman–Crippen LogP) is 4.73. The van der Waals surface area contributed by atoms with Crippen LogP contribution in [-0.2, 0) is 6.42 Å². The van der Waals surface area contributed by atoms with Crippen molar-refractivity contribution in [2.24, 2.45) is 0 Å². The first-order valence-electron chi connectivity index (χ1n) is 8.50. The Morgan fingerprint density at radius 3 is 2.84 bits per heavy atom. The summed E-state index contributed by atoms with van der Waals surface area (Å²) < 4.78 is 0. The SMILES string of the molecule is Clc1cccnc1[C@@H]1CCCC(c2cccc(Cc3nccs3)n2)N1. The van der Waals surface area contributed by atoms with Crippen LogP contribution in [0.1, 0.15) is 53.4 Å². The molecule has 0 spiro atoms. The Morgan fingerprint density at radius 2 is 2.00 bits per heavy atom. The molecule has 4 heterocycles. The molecule has 2 atom stereocenters. The summed E-state index contributed by atoms with van der Waals surface area (Å²) >= 11 is 8.00. The minimum absolute atomic E-state index is 0.178. The number of pyridine rings is 2. The molecule has 0 amide bonds. The van der Waals surface area contributed by atoms with E-state index in [9.17, 15) is 0 Å². The highest BCUT2D eigenvalue weighted by molar-refractivity contribution is 7.09. The number of nitrogens with zero attached hydrogens (tertiary/aromatic N) is 3. The number of hydrogen-bond donors (Lipinski definition) is 1. The van der Waals surface area contributed by atoms with Gasteiger partial charge in [-0.25, -0.2) is 4.98 Å². The highest BCUT2D eigenvalue weighted by atomic mass is 35.5. The molecule has 3 aromatic rings. The van der Waals surface area contributed by atoms with Crippen molar-refractivity contribution in [3.05, 3.63) is 75.2 Å². The first-order chi connectivity index (χ1) is 12.3. The third-order valence-electron chi connectivity index (χ3n) is 4.51. The van der Waals surface area contributed by atoms with Crippen LogP contribution in [0.2, 0.25) is 5.02 Å². The Kier molecular flexibility index (Phi) is 5.06. The molecule has 0 aliphatic carbocycles. The number of aromatic nitrogens is 3. The molecule has 25 heavy (non-hydrogen) atoms. The van der Waals surface area contributed by atoms with Crippen molar-refractivity contribution < 1.29 is 0 Å². The highest BCUT2D eigenvalue weighted by Crippen LogP contribution is 2.33. The van der Waals surface area contributed by atoms with Gasteiger partial charge in [0.1, 0.15) is 0 Å². The van der Waals surface area contributed by atoms with Crippen molar-refractivity contribution in [2.45, 2.75) is 37.8 Å². The normalized spacial score (nSPS) is 20.5. The van der Waals surface area contributed by atoms with E-state index in [0.29, 0.717) is 0 Å². The van der Waals surface area contributed by atoms with Gasteiger partial charge in [-0.1, -0.05) is 17.7 Å². The quantitative estimate of drug-likeness (QED) is 0.721. The Hall–Kier alpha value is -1.82. The Morgan fingerprint density at radius 1 is 1.08 bits per heavy atom. The lowest BCUT2D eigenvalue weighted by Gasteiger charge is -2.31. The minimum atomic E-state index is 0.178. The van der Waals surface area contributed by atoms with Crippen LogP contribution in [0.4, 0.5) is 0 Å². The van der Waals surface area contributed by atoms with Crippen LogP contribution in [0.3, 0.4) is 0 Å². The molecule has 1 fully saturated rings. The molecule has 6 heteroatoms. The second kappa shape index (κ2) is 7.60. The van der Waals surface area contributed by atoms with Gasteiger partial charge in [0, 0.05) is 35.9 Å². The Labute approximate surface area is 156 Å². The molecule has 0 bridgehead atoms. The van der Waals surface area contributed by atoms with Crippen molar-refractivity contribution in [3.8, 4) is 0 Å². The van der Waals surface area contributed by atoms with Crippen molar-refractivity contribution in [3.63, 3.8) is 0 Å². The number of rotatable bonds is 4. The van der Waals surface area contributed by atoms with E-state index in [4.69, 9.17) is 16.6 Å². The van der Waals surface area contributed by atoms with Gasteiger partial charge in [-0.05, 0) is 43.5 Å². The molecule has 4 rings (SSSR count). The number of halogens is 1. The van der Waals surface area contributed by atoms with Gasteiger partial charge in [-0.15, -0.1) is 11.3 Å². The molecule has 128 valence electrons. The zero-order valence-corrected chi connectivity index (χ0v) is 15.3. The summed E-state index contributed by atoms with van der Waals surface area (Å²) in [6.07, 6.45) is 7.69.